The van der Waals surface area contributed by atoms with E-state index in [0.29, 0.717) is 35.6 Å². The van der Waals surface area contributed by atoms with Crippen LogP contribution in [-0.2, 0) is 11.3 Å². The van der Waals surface area contributed by atoms with Gasteiger partial charge in [-0.2, -0.15) is 0 Å². The van der Waals surface area contributed by atoms with E-state index in [9.17, 15) is 9.59 Å². The lowest BCUT2D eigenvalue weighted by atomic mass is 9.52. The number of methoxy groups -OCH3 is 1. The minimum absolute atomic E-state index is 0.0426. The quantitative estimate of drug-likeness (QED) is 0.657. The zero-order chi connectivity index (χ0) is 23.0. The van der Waals surface area contributed by atoms with E-state index in [-0.39, 0.29) is 18.1 Å². The third-order valence-corrected chi connectivity index (χ3v) is 7.86. The lowest BCUT2D eigenvalue weighted by Crippen LogP contribution is -2.61. The first-order chi connectivity index (χ1) is 16.0. The van der Waals surface area contributed by atoms with Crippen molar-refractivity contribution in [1.29, 1.82) is 0 Å². The predicted octanol–water partition coefficient (Wildman–Crippen LogP) is 4.17. The molecule has 4 saturated carbocycles. The summed E-state index contributed by atoms with van der Waals surface area (Å²) in [5.41, 5.74) is 6.72. The molecule has 2 aromatic rings. The molecule has 6 nitrogen and oxygen atoms in total. The highest BCUT2D eigenvalue weighted by Gasteiger charge is 2.54. The maximum atomic E-state index is 13.7. The highest BCUT2D eigenvalue weighted by molar-refractivity contribution is 5.95. The van der Waals surface area contributed by atoms with Gasteiger partial charge < -0.3 is 20.1 Å². The first-order valence-corrected chi connectivity index (χ1v) is 11.9. The number of carbonyl (C=O) groups excluding carboxylic acids is 2. The van der Waals surface area contributed by atoms with Crippen molar-refractivity contribution in [3.63, 3.8) is 0 Å². The van der Waals surface area contributed by atoms with E-state index in [1.54, 1.807) is 31.4 Å². The number of hydrogen-bond acceptors (Lipinski definition) is 4. The van der Waals surface area contributed by atoms with E-state index in [1.165, 1.54) is 19.3 Å². The van der Waals surface area contributed by atoms with Gasteiger partial charge in [0.15, 0.2) is 6.61 Å². The summed E-state index contributed by atoms with van der Waals surface area (Å²) in [6.07, 6.45) is 7.15. The molecule has 2 aromatic carbocycles. The van der Waals surface area contributed by atoms with Gasteiger partial charge in [0.2, 0.25) is 0 Å². The summed E-state index contributed by atoms with van der Waals surface area (Å²) in [5.74, 6) is 2.68. The van der Waals surface area contributed by atoms with Gasteiger partial charge in [-0.05, 0) is 86.1 Å². The Morgan fingerprint density at radius 2 is 1.67 bits per heavy atom. The van der Waals surface area contributed by atoms with E-state index in [4.69, 9.17) is 15.2 Å². The number of primary amides is 1. The van der Waals surface area contributed by atoms with Crippen LogP contribution in [0.5, 0.6) is 11.5 Å². The van der Waals surface area contributed by atoms with Gasteiger partial charge in [-0.3, -0.25) is 9.59 Å². The lowest BCUT2D eigenvalue weighted by molar-refractivity contribution is -0.154. The van der Waals surface area contributed by atoms with Gasteiger partial charge in [0, 0.05) is 12.1 Å². The average Bonchev–Trinajstić information content (AvgIpc) is 2.80. The standard InChI is InChI=1S/C27H32N2O4/c1-32-22-6-4-5-18(12-22)16-29(27-13-19-9-20(14-27)11-21(10-19)15-27)25(30)17-33-24-8-3-2-7-23(24)26(28)31/h2-8,12,19-21H,9-11,13-17H2,1H3,(H2,28,31). The van der Waals surface area contributed by atoms with Crippen molar-refractivity contribution in [2.75, 3.05) is 13.7 Å². The first-order valence-electron chi connectivity index (χ1n) is 11.9. The van der Waals surface area contributed by atoms with Crippen molar-refractivity contribution in [2.45, 2.75) is 50.6 Å². The maximum absolute atomic E-state index is 13.7. The van der Waals surface area contributed by atoms with Crippen LogP contribution in [0.1, 0.15) is 54.4 Å². The summed E-state index contributed by atoms with van der Waals surface area (Å²) in [7, 11) is 1.66. The number of benzene rings is 2. The van der Waals surface area contributed by atoms with Gasteiger partial charge in [0.05, 0.1) is 12.7 Å². The highest BCUT2D eigenvalue weighted by atomic mass is 16.5. The summed E-state index contributed by atoms with van der Waals surface area (Å²) >= 11 is 0. The fourth-order valence-corrected chi connectivity index (χ4v) is 6.88. The van der Waals surface area contributed by atoms with Crippen LogP contribution < -0.4 is 15.2 Å². The Kier molecular flexibility index (Phi) is 5.77. The van der Waals surface area contributed by atoms with E-state index in [1.807, 2.05) is 24.3 Å². The largest absolute Gasteiger partial charge is 0.497 e. The predicted molar refractivity (Wildman–Crippen MR) is 125 cm³/mol. The van der Waals surface area contributed by atoms with Crippen molar-refractivity contribution < 1.29 is 19.1 Å². The average molecular weight is 449 g/mol. The molecule has 6 rings (SSSR count). The van der Waals surface area contributed by atoms with Crippen LogP contribution in [0, 0.1) is 17.8 Å². The van der Waals surface area contributed by atoms with Gasteiger partial charge in [-0.1, -0.05) is 24.3 Å². The Labute approximate surface area is 195 Å². The fourth-order valence-electron chi connectivity index (χ4n) is 6.88. The second-order valence-electron chi connectivity index (χ2n) is 10.1. The molecule has 4 aliphatic carbocycles. The fraction of sp³-hybridized carbons (Fsp3) is 0.481. The molecule has 0 aromatic heterocycles. The van der Waals surface area contributed by atoms with E-state index in [2.05, 4.69) is 4.90 Å². The molecule has 0 radical (unpaired) electrons. The van der Waals surface area contributed by atoms with Crippen molar-refractivity contribution >= 4 is 11.8 Å². The number of nitrogens with two attached hydrogens (primary N) is 1. The van der Waals surface area contributed by atoms with Crippen LogP contribution >= 0.6 is 0 Å². The van der Waals surface area contributed by atoms with Gasteiger partial charge in [-0.15, -0.1) is 0 Å². The third kappa shape index (κ3) is 4.31. The van der Waals surface area contributed by atoms with E-state index < -0.39 is 5.91 Å². The number of nitrogens with zero attached hydrogens (tertiary/aromatic N) is 1. The third-order valence-electron chi connectivity index (χ3n) is 7.86. The second-order valence-corrected chi connectivity index (χ2v) is 10.1. The molecule has 0 saturated heterocycles. The normalized spacial score (nSPS) is 27.2. The molecule has 2 amide bonds. The van der Waals surface area contributed by atoms with Gasteiger partial charge in [0.1, 0.15) is 11.5 Å². The monoisotopic (exact) mass is 448 g/mol. The van der Waals surface area contributed by atoms with E-state index >= 15 is 0 Å². The van der Waals surface area contributed by atoms with Crippen LogP contribution in [0.2, 0.25) is 0 Å². The zero-order valence-corrected chi connectivity index (χ0v) is 19.2. The summed E-state index contributed by atoms with van der Waals surface area (Å²) < 4.78 is 11.3. The summed E-state index contributed by atoms with van der Waals surface area (Å²) in [5, 5.41) is 0. The molecular weight excluding hydrogens is 416 g/mol. The smallest absolute Gasteiger partial charge is 0.261 e. The molecule has 6 heteroatoms. The number of para-hydroxylation sites is 1. The molecule has 4 aliphatic rings. The highest BCUT2D eigenvalue weighted by Crippen LogP contribution is 2.58. The number of amides is 2. The van der Waals surface area contributed by atoms with Crippen LogP contribution in [0.3, 0.4) is 0 Å². The number of rotatable bonds is 8. The van der Waals surface area contributed by atoms with E-state index in [0.717, 1.165) is 30.6 Å². The Hall–Kier alpha value is -3.02. The van der Waals surface area contributed by atoms with Crippen molar-refractivity contribution in [1.82, 2.24) is 4.90 Å². The molecule has 0 aliphatic heterocycles. The minimum Gasteiger partial charge on any atom is -0.497 e. The number of ether oxygens (including phenoxy) is 2. The Morgan fingerprint density at radius 1 is 1.00 bits per heavy atom. The molecule has 2 N–H and O–H groups in total. The molecule has 174 valence electrons. The van der Waals surface area contributed by atoms with Crippen molar-refractivity contribution in [2.24, 2.45) is 23.5 Å². The Bertz CT molecular complexity index is 1010. The second kappa shape index (κ2) is 8.73. The van der Waals surface area contributed by atoms with Crippen molar-refractivity contribution in [3.05, 3.63) is 59.7 Å². The molecule has 0 spiro atoms. The van der Waals surface area contributed by atoms with Gasteiger partial charge >= 0.3 is 0 Å². The van der Waals surface area contributed by atoms with Gasteiger partial charge in [0.25, 0.3) is 11.8 Å². The molecule has 4 fully saturated rings. The molecular formula is C27H32N2O4. The van der Waals surface area contributed by atoms with Crippen LogP contribution in [0.25, 0.3) is 0 Å². The summed E-state index contributed by atoms with van der Waals surface area (Å²) in [6.45, 7) is 0.416. The molecule has 0 unspecified atom stereocenters. The molecule has 0 heterocycles. The summed E-state index contributed by atoms with van der Waals surface area (Å²) in [6, 6.07) is 14.8. The number of carbonyl (C=O) groups is 2. The maximum Gasteiger partial charge on any atom is 0.261 e. The van der Waals surface area contributed by atoms with Crippen molar-refractivity contribution in [3.8, 4) is 11.5 Å². The molecule has 0 atom stereocenters. The van der Waals surface area contributed by atoms with Gasteiger partial charge in [-0.25, -0.2) is 0 Å². The minimum atomic E-state index is -0.563. The number of hydrogen-bond donors (Lipinski definition) is 1. The first kappa shape index (κ1) is 21.8. The topological polar surface area (TPSA) is 81.9 Å². The SMILES string of the molecule is COc1cccc(CN(C(=O)COc2ccccc2C(N)=O)C23CC4CC(CC(C4)C2)C3)c1. The lowest BCUT2D eigenvalue weighted by Gasteiger charge is -2.60. The Morgan fingerprint density at radius 3 is 2.30 bits per heavy atom. The molecule has 4 bridgehead atoms. The van der Waals surface area contributed by atoms with Crippen LogP contribution in [0.15, 0.2) is 48.5 Å². The van der Waals surface area contributed by atoms with Crippen LogP contribution in [0.4, 0.5) is 0 Å². The Balaban J connectivity index is 1.41. The zero-order valence-electron chi connectivity index (χ0n) is 19.2. The molecule has 33 heavy (non-hydrogen) atoms. The summed E-state index contributed by atoms with van der Waals surface area (Å²) in [4.78, 5) is 27.6. The van der Waals surface area contributed by atoms with Crippen LogP contribution in [-0.4, -0.2) is 36.0 Å².